The molecule has 0 N–H and O–H groups in total. The molecule has 0 heterocycles. The minimum Gasteiger partial charge on any atom is -0.497 e. The lowest BCUT2D eigenvalue weighted by molar-refractivity contribution is 0.349. The molecule has 6 nitrogen and oxygen atoms in total. The number of benzene rings is 2. The molecule has 0 atom stereocenters. The van der Waals surface area contributed by atoms with E-state index in [4.69, 9.17) is 18.4 Å². The van der Waals surface area contributed by atoms with Crippen LogP contribution in [0.5, 0.6) is 23.0 Å². The van der Waals surface area contributed by atoms with Crippen LogP contribution in [0, 0.1) is 5.82 Å². The highest BCUT2D eigenvalue weighted by Crippen LogP contribution is 2.33. The lowest BCUT2D eigenvalue weighted by Crippen LogP contribution is -2.12. The average Bonchev–Trinajstić information content (AvgIpc) is 2.53. The van der Waals surface area contributed by atoms with Crippen molar-refractivity contribution in [1.82, 2.24) is 0 Å². The van der Waals surface area contributed by atoms with Gasteiger partial charge in [0, 0.05) is 18.2 Å². The monoisotopic (exact) mass is 342 g/mol. The van der Waals surface area contributed by atoms with Crippen LogP contribution < -0.4 is 18.4 Å². The van der Waals surface area contributed by atoms with Gasteiger partial charge in [-0.1, -0.05) is 6.07 Å². The topological polar surface area (TPSA) is 71.1 Å². The number of hydrogen-bond donors (Lipinski definition) is 0. The maximum absolute atomic E-state index is 14.1. The third-order valence-electron chi connectivity index (χ3n) is 2.95. The number of methoxy groups -OCH3 is 3. The van der Waals surface area contributed by atoms with Crippen molar-refractivity contribution >= 4 is 10.1 Å². The third kappa shape index (κ3) is 3.65. The highest BCUT2D eigenvalue weighted by molar-refractivity contribution is 7.87. The number of hydrogen-bond acceptors (Lipinski definition) is 6. The van der Waals surface area contributed by atoms with Gasteiger partial charge in [0.1, 0.15) is 22.2 Å². The fourth-order valence-corrected chi connectivity index (χ4v) is 2.85. The van der Waals surface area contributed by atoms with Gasteiger partial charge in [0.2, 0.25) is 0 Å². The molecular formula is C15H15FO6S. The molecule has 2 rings (SSSR count). The second-order valence-corrected chi connectivity index (χ2v) is 5.87. The molecule has 0 aromatic heterocycles. The van der Waals surface area contributed by atoms with Crippen molar-refractivity contribution in [2.24, 2.45) is 0 Å². The van der Waals surface area contributed by atoms with Gasteiger partial charge in [0.15, 0.2) is 11.5 Å². The predicted molar refractivity (Wildman–Crippen MR) is 80.3 cm³/mol. The van der Waals surface area contributed by atoms with Gasteiger partial charge in [-0.2, -0.15) is 8.42 Å². The van der Waals surface area contributed by atoms with Crippen LogP contribution in [0.2, 0.25) is 0 Å². The summed E-state index contributed by atoms with van der Waals surface area (Å²) in [7, 11) is -0.328. The third-order valence-corrected chi connectivity index (χ3v) is 4.22. The number of ether oxygens (including phenoxy) is 3. The van der Waals surface area contributed by atoms with Crippen molar-refractivity contribution in [2.45, 2.75) is 4.90 Å². The van der Waals surface area contributed by atoms with Gasteiger partial charge in [-0.15, -0.1) is 0 Å². The molecular weight excluding hydrogens is 327 g/mol. The minimum atomic E-state index is -4.39. The second kappa shape index (κ2) is 6.74. The van der Waals surface area contributed by atoms with Gasteiger partial charge in [-0.05, 0) is 12.1 Å². The van der Waals surface area contributed by atoms with E-state index in [1.54, 1.807) is 12.1 Å². The van der Waals surface area contributed by atoms with Crippen LogP contribution in [0.15, 0.2) is 41.3 Å². The van der Waals surface area contributed by atoms with E-state index in [9.17, 15) is 12.8 Å². The molecule has 0 saturated carbocycles. The molecule has 0 amide bonds. The minimum absolute atomic E-state index is 0.00136. The molecule has 0 spiro atoms. The van der Waals surface area contributed by atoms with Gasteiger partial charge >= 0.3 is 10.1 Å². The Morgan fingerprint density at radius 3 is 2.09 bits per heavy atom. The van der Waals surface area contributed by atoms with Crippen molar-refractivity contribution in [3.8, 4) is 23.0 Å². The first-order valence-corrected chi connectivity index (χ1v) is 7.82. The fourth-order valence-electron chi connectivity index (χ4n) is 1.85. The van der Waals surface area contributed by atoms with E-state index < -0.39 is 20.8 Å². The van der Waals surface area contributed by atoms with Gasteiger partial charge in [-0.3, -0.25) is 0 Å². The highest BCUT2D eigenvalue weighted by atomic mass is 32.2. The summed E-state index contributed by atoms with van der Waals surface area (Å²) in [6.07, 6.45) is 0. The van der Waals surface area contributed by atoms with Crippen LogP contribution in [0.4, 0.5) is 4.39 Å². The van der Waals surface area contributed by atoms with Crippen LogP contribution in [-0.2, 0) is 10.1 Å². The SMILES string of the molecule is COc1cccc(OS(=O)(=O)c2cc(OC)c(OC)cc2F)c1. The van der Waals surface area contributed by atoms with Gasteiger partial charge < -0.3 is 18.4 Å². The van der Waals surface area contributed by atoms with Crippen LogP contribution in [0.1, 0.15) is 0 Å². The fraction of sp³-hybridized carbons (Fsp3) is 0.200. The van der Waals surface area contributed by atoms with Gasteiger partial charge in [0.25, 0.3) is 0 Å². The van der Waals surface area contributed by atoms with Crippen molar-refractivity contribution in [2.75, 3.05) is 21.3 Å². The van der Waals surface area contributed by atoms with E-state index in [0.717, 1.165) is 12.1 Å². The Hall–Kier alpha value is -2.48. The lowest BCUT2D eigenvalue weighted by Gasteiger charge is -2.12. The quantitative estimate of drug-likeness (QED) is 0.752. The van der Waals surface area contributed by atoms with Gasteiger partial charge in [-0.25, -0.2) is 4.39 Å². The average molecular weight is 342 g/mol. The molecule has 0 bridgehead atoms. The molecule has 0 saturated heterocycles. The van der Waals surface area contributed by atoms with Crippen molar-refractivity contribution in [3.63, 3.8) is 0 Å². The normalized spacial score (nSPS) is 11.0. The van der Waals surface area contributed by atoms with Crippen LogP contribution in [0.25, 0.3) is 0 Å². The molecule has 2 aromatic carbocycles. The summed E-state index contributed by atoms with van der Waals surface area (Å²) in [6.45, 7) is 0. The highest BCUT2D eigenvalue weighted by Gasteiger charge is 2.25. The molecule has 0 aliphatic heterocycles. The van der Waals surface area contributed by atoms with Crippen LogP contribution in [0.3, 0.4) is 0 Å². The largest absolute Gasteiger partial charge is 0.497 e. The molecule has 0 fully saturated rings. The lowest BCUT2D eigenvalue weighted by atomic mass is 10.3. The Morgan fingerprint density at radius 1 is 0.870 bits per heavy atom. The Labute approximate surface area is 133 Å². The van der Waals surface area contributed by atoms with Crippen LogP contribution >= 0.6 is 0 Å². The molecule has 0 unspecified atom stereocenters. The zero-order valence-corrected chi connectivity index (χ0v) is 13.5. The van der Waals surface area contributed by atoms with E-state index in [0.29, 0.717) is 5.75 Å². The molecule has 23 heavy (non-hydrogen) atoms. The second-order valence-electron chi connectivity index (χ2n) is 4.35. The summed E-state index contributed by atoms with van der Waals surface area (Å²) in [5.41, 5.74) is 0. The summed E-state index contributed by atoms with van der Waals surface area (Å²) in [5, 5.41) is 0. The zero-order valence-electron chi connectivity index (χ0n) is 12.7. The van der Waals surface area contributed by atoms with Crippen molar-refractivity contribution in [3.05, 3.63) is 42.2 Å². The molecule has 8 heteroatoms. The molecule has 0 radical (unpaired) electrons. The van der Waals surface area contributed by atoms with E-state index in [1.165, 1.54) is 33.5 Å². The summed E-state index contributed by atoms with van der Waals surface area (Å²) < 4.78 is 58.5. The summed E-state index contributed by atoms with van der Waals surface area (Å²) in [4.78, 5) is -0.655. The Bertz CT molecular complexity index is 804. The molecule has 2 aromatic rings. The van der Waals surface area contributed by atoms with E-state index in [-0.39, 0.29) is 17.2 Å². The Morgan fingerprint density at radius 2 is 1.48 bits per heavy atom. The van der Waals surface area contributed by atoms with Crippen LogP contribution in [-0.4, -0.2) is 29.7 Å². The number of halogens is 1. The Kier molecular flexibility index (Phi) is 4.95. The first kappa shape index (κ1) is 16.9. The van der Waals surface area contributed by atoms with E-state index >= 15 is 0 Å². The standard InChI is InChI=1S/C15H15FO6S/c1-19-10-5-4-6-11(7-10)22-23(17,18)15-9-14(21-3)13(20-2)8-12(15)16/h4-9H,1-3H3. The van der Waals surface area contributed by atoms with Crippen molar-refractivity contribution in [1.29, 1.82) is 0 Å². The number of rotatable bonds is 6. The van der Waals surface area contributed by atoms with Crippen molar-refractivity contribution < 1.29 is 31.2 Å². The Balaban J connectivity index is 2.43. The summed E-state index contributed by atoms with van der Waals surface area (Å²) in [5.74, 6) is -0.457. The van der Waals surface area contributed by atoms with E-state index in [1.807, 2.05) is 0 Å². The first-order valence-electron chi connectivity index (χ1n) is 6.41. The maximum Gasteiger partial charge on any atom is 0.342 e. The molecule has 0 aliphatic carbocycles. The smallest absolute Gasteiger partial charge is 0.342 e. The van der Waals surface area contributed by atoms with E-state index in [2.05, 4.69) is 0 Å². The summed E-state index contributed by atoms with van der Waals surface area (Å²) in [6, 6.07) is 7.88. The zero-order chi connectivity index (χ0) is 17.0. The first-order chi connectivity index (χ1) is 10.9. The predicted octanol–water partition coefficient (Wildman–Crippen LogP) is 2.62. The molecule has 124 valence electrons. The maximum atomic E-state index is 14.1. The van der Waals surface area contributed by atoms with Gasteiger partial charge in [0.05, 0.1) is 21.3 Å². The molecule has 0 aliphatic rings. The summed E-state index contributed by atoms with van der Waals surface area (Å²) >= 11 is 0.